The Bertz CT molecular complexity index is 684. The van der Waals surface area contributed by atoms with Gasteiger partial charge in [0.1, 0.15) is 6.29 Å². The number of para-hydroxylation sites is 2. The van der Waals surface area contributed by atoms with Gasteiger partial charge in [-0.05, 0) is 30.7 Å². The largest absolute Gasteiger partial charge is 0.305 e. The fourth-order valence-corrected chi connectivity index (χ4v) is 7.34. The fourth-order valence-electron chi connectivity index (χ4n) is 3.66. The van der Waals surface area contributed by atoms with Crippen LogP contribution < -0.4 is 9.34 Å². The van der Waals surface area contributed by atoms with Crippen LogP contribution >= 0.6 is 7.44 Å². The molecular weight excluding hydrogens is 331 g/mol. The third-order valence-electron chi connectivity index (χ3n) is 4.79. The number of benzene rings is 2. The summed E-state index contributed by atoms with van der Waals surface area (Å²) in [7, 11) is -2.94. The second-order valence-electron chi connectivity index (χ2n) is 6.35. The smallest absolute Gasteiger partial charge is 0.266 e. The molecule has 0 aromatic heterocycles. The van der Waals surface area contributed by atoms with Gasteiger partial charge in [0.2, 0.25) is 0 Å². The molecule has 1 aliphatic heterocycles. The predicted molar refractivity (Wildman–Crippen MR) is 105 cm³/mol. The Labute approximate surface area is 149 Å². The summed E-state index contributed by atoms with van der Waals surface area (Å²) in [6.07, 6.45) is 2.94. The van der Waals surface area contributed by atoms with E-state index in [1.165, 1.54) is 0 Å². The van der Waals surface area contributed by atoms with E-state index < -0.39 is 7.44 Å². The number of hydrogen-bond acceptors (Lipinski definition) is 2. The first-order valence-corrected chi connectivity index (χ1v) is 10.6. The Balaban J connectivity index is 2.08. The van der Waals surface area contributed by atoms with E-state index in [4.69, 9.17) is 0 Å². The van der Waals surface area contributed by atoms with Crippen LogP contribution in [0.25, 0.3) is 0 Å². The van der Waals surface area contributed by atoms with Crippen molar-refractivity contribution in [3.8, 4) is 0 Å². The molecule has 1 aliphatic rings. The van der Waals surface area contributed by atoms with Crippen molar-refractivity contribution in [3.05, 3.63) is 60.7 Å². The van der Waals surface area contributed by atoms with E-state index in [0.717, 1.165) is 30.5 Å². The third kappa shape index (κ3) is 3.36. The molecule has 5 heteroatoms. The first kappa shape index (κ1) is 17.8. The Morgan fingerprint density at radius 2 is 1.44 bits per heavy atom. The van der Waals surface area contributed by atoms with Crippen molar-refractivity contribution < 1.29 is 9.36 Å². The highest BCUT2D eigenvalue weighted by molar-refractivity contribution is 7.68. The fraction of sp³-hybridized carbons (Fsp3) is 0.350. The van der Waals surface area contributed by atoms with Crippen LogP contribution in [0.15, 0.2) is 60.7 Å². The third-order valence-corrected chi connectivity index (χ3v) is 8.46. The molecule has 1 fully saturated rings. The summed E-state index contributed by atoms with van der Waals surface area (Å²) in [6, 6.07) is 19.8. The highest BCUT2D eigenvalue weighted by Gasteiger charge is 2.48. The van der Waals surface area contributed by atoms with Gasteiger partial charge < -0.3 is 14.1 Å². The van der Waals surface area contributed by atoms with E-state index >= 15 is 0 Å². The van der Waals surface area contributed by atoms with E-state index in [-0.39, 0.29) is 5.66 Å². The Hall–Kier alpha value is -2.06. The van der Waals surface area contributed by atoms with Gasteiger partial charge in [-0.15, -0.1) is 0 Å². The zero-order valence-corrected chi connectivity index (χ0v) is 15.5. The van der Waals surface area contributed by atoms with Crippen molar-refractivity contribution in [2.45, 2.75) is 31.8 Å². The first-order valence-electron chi connectivity index (χ1n) is 8.91. The average molecular weight is 356 g/mol. The number of anilines is 2. The molecule has 132 valence electrons. The quantitative estimate of drug-likeness (QED) is 0.519. The van der Waals surface area contributed by atoms with E-state index in [2.05, 4.69) is 6.92 Å². The van der Waals surface area contributed by atoms with E-state index in [0.29, 0.717) is 19.5 Å². The summed E-state index contributed by atoms with van der Waals surface area (Å²) in [4.78, 5) is 11.3. The van der Waals surface area contributed by atoms with Crippen molar-refractivity contribution in [2.24, 2.45) is 0 Å². The zero-order chi connectivity index (χ0) is 17.7. The van der Waals surface area contributed by atoms with Crippen LogP contribution in [-0.2, 0) is 9.36 Å². The molecule has 1 unspecified atom stereocenters. The number of nitrogens with zero attached hydrogens (tertiary/aromatic N) is 2. The maximum Gasteiger partial charge on any atom is 0.266 e. The monoisotopic (exact) mass is 356 g/mol. The van der Waals surface area contributed by atoms with Crippen molar-refractivity contribution in [1.29, 1.82) is 0 Å². The lowest BCUT2D eigenvalue weighted by molar-refractivity contribution is -0.107. The van der Waals surface area contributed by atoms with E-state index in [1.54, 1.807) is 0 Å². The van der Waals surface area contributed by atoms with Gasteiger partial charge >= 0.3 is 0 Å². The van der Waals surface area contributed by atoms with Gasteiger partial charge in [-0.1, -0.05) is 49.7 Å². The molecule has 2 aromatic carbocycles. The molecule has 2 aromatic rings. The molecule has 0 saturated carbocycles. The standard InChI is InChI=1S/C20H25N2O2P/c1-2-9-20(14-17-23)25(24)21(18-10-5-3-6-11-18)15-16-22(25)19-12-7-4-8-13-19/h3-8,10-13,17,20H,2,9,14-16H2,1H3. The lowest BCUT2D eigenvalue weighted by atomic mass is 10.2. The molecule has 1 heterocycles. The van der Waals surface area contributed by atoms with Gasteiger partial charge in [-0.3, -0.25) is 4.57 Å². The molecule has 1 saturated heterocycles. The SMILES string of the molecule is CCCC(CC=O)P1(=O)N(c2ccccc2)CCN1c1ccccc1. The minimum atomic E-state index is -2.94. The number of rotatable bonds is 7. The summed E-state index contributed by atoms with van der Waals surface area (Å²) >= 11 is 0. The van der Waals surface area contributed by atoms with E-state index in [1.807, 2.05) is 70.0 Å². The molecule has 25 heavy (non-hydrogen) atoms. The van der Waals surface area contributed by atoms with Crippen molar-refractivity contribution >= 4 is 25.1 Å². The second kappa shape index (κ2) is 7.88. The zero-order valence-electron chi connectivity index (χ0n) is 14.6. The average Bonchev–Trinajstić information content (AvgIpc) is 3.01. The van der Waals surface area contributed by atoms with Gasteiger partial charge in [0, 0.05) is 30.9 Å². The van der Waals surface area contributed by atoms with Gasteiger partial charge in [0.25, 0.3) is 7.44 Å². The maximum absolute atomic E-state index is 14.4. The molecule has 0 N–H and O–H groups in total. The topological polar surface area (TPSA) is 40.6 Å². The van der Waals surface area contributed by atoms with Crippen LogP contribution in [0.4, 0.5) is 11.4 Å². The van der Waals surface area contributed by atoms with Crippen LogP contribution in [0, 0.1) is 0 Å². The van der Waals surface area contributed by atoms with Crippen LogP contribution in [0.1, 0.15) is 26.2 Å². The Kier molecular flexibility index (Phi) is 5.60. The highest BCUT2D eigenvalue weighted by atomic mass is 31.2. The summed E-state index contributed by atoms with van der Waals surface area (Å²) in [5.41, 5.74) is 1.78. The molecule has 1 atom stereocenters. The van der Waals surface area contributed by atoms with Crippen LogP contribution in [0.2, 0.25) is 0 Å². The second-order valence-corrected chi connectivity index (χ2v) is 9.23. The van der Waals surface area contributed by atoms with Crippen molar-refractivity contribution in [2.75, 3.05) is 22.4 Å². The van der Waals surface area contributed by atoms with Crippen molar-refractivity contribution in [1.82, 2.24) is 0 Å². The molecule has 4 nitrogen and oxygen atoms in total. The summed E-state index contributed by atoms with van der Waals surface area (Å²) in [5.74, 6) is 0. The summed E-state index contributed by atoms with van der Waals surface area (Å²) < 4.78 is 18.5. The van der Waals surface area contributed by atoms with Crippen LogP contribution in [-0.4, -0.2) is 25.0 Å². The normalized spacial score (nSPS) is 17.5. The first-order chi connectivity index (χ1) is 12.2. The van der Waals surface area contributed by atoms with Crippen molar-refractivity contribution in [3.63, 3.8) is 0 Å². The predicted octanol–water partition coefficient (Wildman–Crippen LogP) is 4.96. The maximum atomic E-state index is 14.4. The molecule has 0 spiro atoms. The van der Waals surface area contributed by atoms with Gasteiger partial charge in [-0.2, -0.15) is 0 Å². The van der Waals surface area contributed by atoms with Crippen LogP contribution in [0.5, 0.6) is 0 Å². The summed E-state index contributed by atoms with van der Waals surface area (Å²) in [6.45, 7) is 3.49. The number of aldehydes is 1. The van der Waals surface area contributed by atoms with Gasteiger partial charge in [0.05, 0.1) is 5.66 Å². The molecule has 0 bridgehead atoms. The van der Waals surface area contributed by atoms with Crippen LogP contribution in [0.3, 0.4) is 0 Å². The van der Waals surface area contributed by atoms with E-state index in [9.17, 15) is 9.36 Å². The lowest BCUT2D eigenvalue weighted by Crippen LogP contribution is -2.28. The Morgan fingerprint density at radius 3 is 1.84 bits per heavy atom. The molecule has 3 rings (SSSR count). The number of carbonyl (C=O) groups is 1. The Morgan fingerprint density at radius 1 is 0.960 bits per heavy atom. The highest BCUT2D eigenvalue weighted by Crippen LogP contribution is 2.64. The van der Waals surface area contributed by atoms with Gasteiger partial charge in [0.15, 0.2) is 0 Å². The number of carbonyl (C=O) groups excluding carboxylic acids is 1. The molecular formula is C20H25N2O2P. The minimum Gasteiger partial charge on any atom is -0.305 e. The molecule has 0 amide bonds. The number of hydrogen-bond donors (Lipinski definition) is 0. The molecule has 0 radical (unpaired) electrons. The summed E-state index contributed by atoms with van der Waals surface area (Å²) in [5, 5.41) is 0. The minimum absolute atomic E-state index is 0.155. The van der Waals surface area contributed by atoms with Gasteiger partial charge in [-0.25, -0.2) is 0 Å². The lowest BCUT2D eigenvalue weighted by Gasteiger charge is -2.37. The molecule has 0 aliphatic carbocycles.